The number of aliphatic hydroxyl groups excluding tert-OH is 1. The average Bonchev–Trinajstić information content (AvgIpc) is 2.65. The van der Waals surface area contributed by atoms with Gasteiger partial charge in [0, 0.05) is 11.7 Å². The maximum atomic E-state index is 10.0. The molecule has 4 heteroatoms. The van der Waals surface area contributed by atoms with Crippen molar-refractivity contribution in [3.8, 4) is 11.8 Å². The standard InChI is InChI=1S/C21H24N2O2/c1-15(17-8-6-16(14-22)7-9-17)23-18-10-12-19(13-11-18)25-21-5-3-2-4-20(21)24/h6-13,15,20-21,23-24H,2-5H2,1H3. The lowest BCUT2D eigenvalue weighted by molar-refractivity contribution is 0.00688. The van der Waals surface area contributed by atoms with E-state index in [1.165, 1.54) is 0 Å². The fourth-order valence-electron chi connectivity index (χ4n) is 3.20. The Labute approximate surface area is 149 Å². The quantitative estimate of drug-likeness (QED) is 0.848. The van der Waals surface area contributed by atoms with Gasteiger partial charge in [0.1, 0.15) is 11.9 Å². The Hall–Kier alpha value is -2.51. The smallest absolute Gasteiger partial charge is 0.124 e. The van der Waals surface area contributed by atoms with E-state index in [1.807, 2.05) is 48.5 Å². The van der Waals surface area contributed by atoms with E-state index in [1.54, 1.807) is 0 Å². The minimum atomic E-state index is -0.358. The Kier molecular flexibility index (Phi) is 5.57. The van der Waals surface area contributed by atoms with E-state index in [2.05, 4.69) is 18.3 Å². The molecule has 1 fully saturated rings. The summed E-state index contributed by atoms with van der Waals surface area (Å²) in [5, 5.41) is 22.3. The second kappa shape index (κ2) is 8.04. The molecular weight excluding hydrogens is 312 g/mol. The average molecular weight is 336 g/mol. The normalized spacial score (nSPS) is 21.2. The molecule has 0 bridgehead atoms. The van der Waals surface area contributed by atoms with Crippen LogP contribution in [0.5, 0.6) is 5.75 Å². The van der Waals surface area contributed by atoms with E-state index in [-0.39, 0.29) is 18.2 Å². The molecule has 0 amide bonds. The molecule has 25 heavy (non-hydrogen) atoms. The lowest BCUT2D eigenvalue weighted by Gasteiger charge is -2.28. The summed E-state index contributed by atoms with van der Waals surface area (Å²) in [6.07, 6.45) is 3.48. The molecule has 0 spiro atoms. The van der Waals surface area contributed by atoms with Gasteiger partial charge in [0.25, 0.3) is 0 Å². The Bertz CT molecular complexity index is 719. The molecule has 0 saturated heterocycles. The summed E-state index contributed by atoms with van der Waals surface area (Å²) >= 11 is 0. The number of nitriles is 1. The monoisotopic (exact) mass is 336 g/mol. The van der Waals surface area contributed by atoms with Gasteiger partial charge in [0.2, 0.25) is 0 Å². The van der Waals surface area contributed by atoms with Crippen LogP contribution in [0.15, 0.2) is 48.5 Å². The van der Waals surface area contributed by atoms with Crippen LogP contribution in [0, 0.1) is 11.3 Å². The van der Waals surface area contributed by atoms with Crippen molar-refractivity contribution in [3.05, 3.63) is 59.7 Å². The molecule has 2 N–H and O–H groups in total. The van der Waals surface area contributed by atoms with E-state index in [4.69, 9.17) is 10.00 Å². The number of ether oxygens (including phenoxy) is 1. The van der Waals surface area contributed by atoms with Crippen LogP contribution >= 0.6 is 0 Å². The van der Waals surface area contributed by atoms with Crippen LogP contribution in [0.25, 0.3) is 0 Å². The number of anilines is 1. The van der Waals surface area contributed by atoms with E-state index in [0.717, 1.165) is 42.7 Å². The Morgan fingerprint density at radius 3 is 2.40 bits per heavy atom. The molecule has 2 aromatic rings. The maximum Gasteiger partial charge on any atom is 0.124 e. The zero-order valence-electron chi connectivity index (χ0n) is 14.5. The fraction of sp³-hybridized carbons (Fsp3) is 0.381. The lowest BCUT2D eigenvalue weighted by Crippen LogP contribution is -2.34. The van der Waals surface area contributed by atoms with Gasteiger partial charge in [0.15, 0.2) is 0 Å². The first-order valence-electron chi connectivity index (χ1n) is 8.87. The molecule has 2 aromatic carbocycles. The predicted octanol–water partition coefficient (Wildman–Crippen LogP) is 4.41. The highest BCUT2D eigenvalue weighted by Gasteiger charge is 2.24. The van der Waals surface area contributed by atoms with E-state index >= 15 is 0 Å². The number of nitrogens with zero attached hydrogens (tertiary/aromatic N) is 1. The molecule has 0 aliphatic heterocycles. The first-order chi connectivity index (χ1) is 12.2. The molecule has 3 rings (SSSR count). The van der Waals surface area contributed by atoms with Gasteiger partial charge in [-0.25, -0.2) is 0 Å². The molecule has 0 radical (unpaired) electrons. The first kappa shape index (κ1) is 17.3. The summed E-state index contributed by atoms with van der Waals surface area (Å²) in [4.78, 5) is 0. The third-order valence-electron chi connectivity index (χ3n) is 4.73. The van der Waals surface area contributed by atoms with Gasteiger partial charge in [-0.3, -0.25) is 0 Å². The van der Waals surface area contributed by atoms with Gasteiger partial charge in [-0.2, -0.15) is 5.26 Å². The van der Waals surface area contributed by atoms with Crippen LogP contribution in [-0.4, -0.2) is 17.3 Å². The van der Waals surface area contributed by atoms with E-state index < -0.39 is 0 Å². The van der Waals surface area contributed by atoms with Crippen LogP contribution in [-0.2, 0) is 0 Å². The molecular formula is C21H24N2O2. The topological polar surface area (TPSA) is 65.3 Å². The molecule has 1 saturated carbocycles. The molecule has 3 atom stereocenters. The molecule has 0 heterocycles. The number of nitrogens with one attached hydrogen (secondary N) is 1. The third-order valence-corrected chi connectivity index (χ3v) is 4.73. The number of hydrogen-bond acceptors (Lipinski definition) is 4. The van der Waals surface area contributed by atoms with Crippen molar-refractivity contribution in [2.75, 3.05) is 5.32 Å². The third kappa shape index (κ3) is 4.52. The van der Waals surface area contributed by atoms with Crippen molar-refractivity contribution < 1.29 is 9.84 Å². The Morgan fingerprint density at radius 2 is 1.76 bits per heavy atom. The summed E-state index contributed by atoms with van der Waals surface area (Å²) in [6.45, 7) is 2.09. The number of hydrogen-bond donors (Lipinski definition) is 2. The highest BCUT2D eigenvalue weighted by molar-refractivity contribution is 5.48. The Morgan fingerprint density at radius 1 is 1.08 bits per heavy atom. The van der Waals surface area contributed by atoms with Crippen LogP contribution < -0.4 is 10.1 Å². The number of rotatable bonds is 5. The highest BCUT2D eigenvalue weighted by atomic mass is 16.5. The lowest BCUT2D eigenvalue weighted by atomic mass is 9.95. The summed E-state index contributed by atoms with van der Waals surface area (Å²) in [5.41, 5.74) is 2.81. The van der Waals surface area contributed by atoms with E-state index in [9.17, 15) is 5.11 Å². The van der Waals surface area contributed by atoms with Crippen molar-refractivity contribution in [3.63, 3.8) is 0 Å². The van der Waals surface area contributed by atoms with Crippen LogP contribution in [0.2, 0.25) is 0 Å². The molecule has 130 valence electrons. The van der Waals surface area contributed by atoms with Crippen molar-refractivity contribution in [1.29, 1.82) is 5.26 Å². The zero-order chi connectivity index (χ0) is 17.6. The molecule has 3 unspecified atom stereocenters. The second-order valence-corrected chi connectivity index (χ2v) is 6.63. The van der Waals surface area contributed by atoms with Crippen LogP contribution in [0.4, 0.5) is 5.69 Å². The van der Waals surface area contributed by atoms with Crippen molar-refractivity contribution in [2.24, 2.45) is 0 Å². The minimum Gasteiger partial charge on any atom is -0.488 e. The SMILES string of the molecule is CC(Nc1ccc(OC2CCCCC2O)cc1)c1ccc(C#N)cc1. The van der Waals surface area contributed by atoms with Gasteiger partial charge >= 0.3 is 0 Å². The summed E-state index contributed by atoms with van der Waals surface area (Å²) in [7, 11) is 0. The maximum absolute atomic E-state index is 10.0. The van der Waals surface area contributed by atoms with Crippen molar-refractivity contribution >= 4 is 5.69 Å². The largest absolute Gasteiger partial charge is 0.488 e. The second-order valence-electron chi connectivity index (χ2n) is 6.63. The summed E-state index contributed by atoms with van der Waals surface area (Å²) in [5.74, 6) is 0.794. The molecule has 4 nitrogen and oxygen atoms in total. The van der Waals surface area contributed by atoms with Crippen molar-refractivity contribution in [1.82, 2.24) is 0 Å². The van der Waals surface area contributed by atoms with Gasteiger partial charge in [-0.15, -0.1) is 0 Å². The predicted molar refractivity (Wildman–Crippen MR) is 98.5 cm³/mol. The first-order valence-corrected chi connectivity index (χ1v) is 8.87. The fourth-order valence-corrected chi connectivity index (χ4v) is 3.20. The highest BCUT2D eigenvalue weighted by Crippen LogP contribution is 2.26. The molecule has 1 aliphatic rings. The minimum absolute atomic E-state index is 0.0925. The van der Waals surface area contributed by atoms with Gasteiger partial charge in [-0.1, -0.05) is 18.6 Å². The number of aliphatic hydroxyl groups is 1. The van der Waals surface area contributed by atoms with E-state index in [0.29, 0.717) is 5.56 Å². The summed E-state index contributed by atoms with van der Waals surface area (Å²) in [6, 6.07) is 17.7. The molecule has 1 aliphatic carbocycles. The van der Waals surface area contributed by atoms with Gasteiger partial charge in [-0.05, 0) is 68.1 Å². The van der Waals surface area contributed by atoms with Crippen LogP contribution in [0.1, 0.15) is 49.8 Å². The van der Waals surface area contributed by atoms with Crippen LogP contribution in [0.3, 0.4) is 0 Å². The Balaban J connectivity index is 1.59. The van der Waals surface area contributed by atoms with Gasteiger partial charge < -0.3 is 15.2 Å². The summed E-state index contributed by atoms with van der Waals surface area (Å²) < 4.78 is 5.93. The van der Waals surface area contributed by atoms with Crippen molar-refractivity contribution in [2.45, 2.75) is 50.9 Å². The molecule has 0 aromatic heterocycles. The van der Waals surface area contributed by atoms with Gasteiger partial charge in [0.05, 0.1) is 17.7 Å². The zero-order valence-corrected chi connectivity index (χ0v) is 14.5. The number of benzene rings is 2.